The summed E-state index contributed by atoms with van der Waals surface area (Å²) in [4.78, 5) is 0. The van der Waals surface area contributed by atoms with Crippen LogP contribution in [0, 0.1) is 0 Å². The van der Waals surface area contributed by atoms with E-state index in [-0.39, 0.29) is 5.69 Å². The van der Waals surface area contributed by atoms with Gasteiger partial charge in [0.1, 0.15) is 5.75 Å². The molecule has 0 radical (unpaired) electrons. The van der Waals surface area contributed by atoms with Crippen molar-refractivity contribution in [2.24, 2.45) is 5.10 Å². The molecular formula is C15H13F3N2O. The van der Waals surface area contributed by atoms with E-state index in [1.807, 2.05) is 12.1 Å². The van der Waals surface area contributed by atoms with Crippen LogP contribution < -0.4 is 10.2 Å². The van der Waals surface area contributed by atoms with Gasteiger partial charge in [-0.25, -0.2) is 0 Å². The monoisotopic (exact) mass is 294 g/mol. The first kappa shape index (κ1) is 14.9. The molecule has 0 unspecified atom stereocenters. The van der Waals surface area contributed by atoms with Gasteiger partial charge in [-0.1, -0.05) is 18.2 Å². The Balaban J connectivity index is 2.11. The van der Waals surface area contributed by atoms with E-state index in [2.05, 4.69) is 10.5 Å². The highest BCUT2D eigenvalue weighted by Crippen LogP contribution is 2.30. The Bertz CT molecular complexity index is 639. The Hall–Kier alpha value is -2.50. The third kappa shape index (κ3) is 3.98. The number of hydrazone groups is 1. The van der Waals surface area contributed by atoms with Gasteiger partial charge in [-0.15, -0.1) is 0 Å². The van der Waals surface area contributed by atoms with Crippen LogP contribution in [0.5, 0.6) is 5.75 Å². The van der Waals surface area contributed by atoms with Gasteiger partial charge < -0.3 is 4.74 Å². The van der Waals surface area contributed by atoms with Crippen LogP contribution in [-0.2, 0) is 6.18 Å². The smallest absolute Gasteiger partial charge is 0.416 e. The Morgan fingerprint density at radius 1 is 1.10 bits per heavy atom. The zero-order valence-corrected chi connectivity index (χ0v) is 11.2. The van der Waals surface area contributed by atoms with Crippen molar-refractivity contribution in [2.75, 3.05) is 12.5 Å². The molecule has 2 aromatic carbocycles. The van der Waals surface area contributed by atoms with E-state index in [4.69, 9.17) is 4.74 Å². The van der Waals surface area contributed by atoms with Gasteiger partial charge in [-0.2, -0.15) is 18.3 Å². The SMILES string of the molecule is COc1ccccc1C=NNc1cccc(C(F)(F)F)c1. The quantitative estimate of drug-likeness (QED) is 0.678. The number of hydrogen-bond acceptors (Lipinski definition) is 3. The lowest BCUT2D eigenvalue weighted by molar-refractivity contribution is -0.137. The molecule has 110 valence electrons. The summed E-state index contributed by atoms with van der Waals surface area (Å²) >= 11 is 0. The molecule has 1 N–H and O–H groups in total. The van der Waals surface area contributed by atoms with Crippen molar-refractivity contribution in [3.8, 4) is 5.75 Å². The molecule has 0 saturated carbocycles. The van der Waals surface area contributed by atoms with Crippen LogP contribution in [0.25, 0.3) is 0 Å². The predicted octanol–water partition coefficient (Wildman–Crippen LogP) is 4.16. The van der Waals surface area contributed by atoms with Crippen LogP contribution in [-0.4, -0.2) is 13.3 Å². The highest BCUT2D eigenvalue weighted by molar-refractivity contribution is 5.83. The van der Waals surface area contributed by atoms with Gasteiger partial charge in [-0.3, -0.25) is 5.43 Å². The number of alkyl halides is 3. The molecule has 2 aromatic rings. The van der Waals surface area contributed by atoms with Gasteiger partial charge >= 0.3 is 6.18 Å². The minimum atomic E-state index is -4.37. The highest BCUT2D eigenvalue weighted by Gasteiger charge is 2.30. The number of halogens is 3. The molecule has 2 rings (SSSR count). The predicted molar refractivity (Wildman–Crippen MR) is 75.7 cm³/mol. The normalized spacial score (nSPS) is 11.6. The molecule has 0 heterocycles. The van der Waals surface area contributed by atoms with Crippen LogP contribution >= 0.6 is 0 Å². The number of hydrogen-bond donors (Lipinski definition) is 1. The Morgan fingerprint density at radius 2 is 1.86 bits per heavy atom. The molecule has 3 nitrogen and oxygen atoms in total. The highest BCUT2D eigenvalue weighted by atomic mass is 19.4. The fraction of sp³-hybridized carbons (Fsp3) is 0.133. The van der Waals surface area contributed by atoms with Gasteiger partial charge in [0.15, 0.2) is 0 Å². The maximum absolute atomic E-state index is 12.6. The first-order valence-corrected chi connectivity index (χ1v) is 6.10. The van der Waals surface area contributed by atoms with Crippen LogP contribution in [0.3, 0.4) is 0 Å². The summed E-state index contributed by atoms with van der Waals surface area (Å²) < 4.78 is 42.9. The maximum atomic E-state index is 12.6. The van der Waals surface area contributed by atoms with E-state index in [0.29, 0.717) is 5.75 Å². The Morgan fingerprint density at radius 3 is 2.57 bits per heavy atom. The van der Waals surface area contributed by atoms with Gasteiger partial charge in [0.2, 0.25) is 0 Å². The lowest BCUT2D eigenvalue weighted by Crippen LogP contribution is -2.05. The molecule has 0 aliphatic rings. The molecule has 0 spiro atoms. The second-order valence-electron chi connectivity index (χ2n) is 4.19. The summed E-state index contributed by atoms with van der Waals surface area (Å²) in [6, 6.07) is 12.0. The number of nitrogens with one attached hydrogen (secondary N) is 1. The molecule has 0 atom stereocenters. The van der Waals surface area contributed by atoms with Gasteiger partial charge in [-0.05, 0) is 30.3 Å². The van der Waals surface area contributed by atoms with Crippen LogP contribution in [0.4, 0.5) is 18.9 Å². The lowest BCUT2D eigenvalue weighted by Gasteiger charge is -2.08. The fourth-order valence-corrected chi connectivity index (χ4v) is 1.71. The zero-order valence-electron chi connectivity index (χ0n) is 11.2. The summed E-state index contributed by atoms with van der Waals surface area (Å²) in [5.74, 6) is 0.632. The average Bonchev–Trinajstić information content (AvgIpc) is 2.47. The van der Waals surface area contributed by atoms with Gasteiger partial charge in [0.05, 0.1) is 24.6 Å². The molecule has 6 heteroatoms. The number of nitrogens with zero attached hydrogens (tertiary/aromatic N) is 1. The second kappa shape index (κ2) is 6.30. The largest absolute Gasteiger partial charge is 0.496 e. The molecule has 21 heavy (non-hydrogen) atoms. The molecule has 0 aliphatic heterocycles. The number of rotatable bonds is 4. The Kier molecular flexibility index (Phi) is 4.47. The van der Waals surface area contributed by atoms with Crippen molar-refractivity contribution >= 4 is 11.9 Å². The molecule has 0 aromatic heterocycles. The molecule has 0 saturated heterocycles. The van der Waals surface area contributed by atoms with E-state index in [0.717, 1.165) is 17.7 Å². The third-order valence-corrected chi connectivity index (χ3v) is 2.73. The number of para-hydroxylation sites is 1. The van der Waals surface area contributed by atoms with E-state index in [9.17, 15) is 13.2 Å². The van der Waals surface area contributed by atoms with E-state index in [1.54, 1.807) is 12.1 Å². The summed E-state index contributed by atoms with van der Waals surface area (Å²) in [5.41, 5.74) is 2.83. The molecule has 0 aliphatic carbocycles. The number of methoxy groups -OCH3 is 1. The summed E-state index contributed by atoms with van der Waals surface area (Å²) in [5, 5.41) is 3.92. The van der Waals surface area contributed by atoms with Crippen LogP contribution in [0.1, 0.15) is 11.1 Å². The van der Waals surface area contributed by atoms with Crippen molar-refractivity contribution in [1.82, 2.24) is 0 Å². The molecule has 0 fully saturated rings. The van der Waals surface area contributed by atoms with Crippen molar-refractivity contribution < 1.29 is 17.9 Å². The summed E-state index contributed by atoms with van der Waals surface area (Å²) in [6.07, 6.45) is -2.89. The van der Waals surface area contributed by atoms with Crippen molar-refractivity contribution in [3.63, 3.8) is 0 Å². The lowest BCUT2D eigenvalue weighted by atomic mass is 10.2. The summed E-state index contributed by atoms with van der Waals surface area (Å²) in [7, 11) is 1.53. The van der Waals surface area contributed by atoms with Crippen LogP contribution in [0.2, 0.25) is 0 Å². The molecular weight excluding hydrogens is 281 g/mol. The first-order valence-electron chi connectivity index (χ1n) is 6.10. The first-order chi connectivity index (χ1) is 10.0. The minimum Gasteiger partial charge on any atom is -0.496 e. The average molecular weight is 294 g/mol. The van der Waals surface area contributed by atoms with E-state index < -0.39 is 11.7 Å². The maximum Gasteiger partial charge on any atom is 0.416 e. The number of anilines is 1. The van der Waals surface area contributed by atoms with Crippen molar-refractivity contribution in [3.05, 3.63) is 59.7 Å². The fourth-order valence-electron chi connectivity index (χ4n) is 1.71. The standard InChI is InChI=1S/C15H13F3N2O/c1-21-14-8-3-2-5-11(14)10-19-20-13-7-4-6-12(9-13)15(16,17)18/h2-10,20H,1H3. The third-order valence-electron chi connectivity index (χ3n) is 2.73. The second-order valence-corrected chi connectivity index (χ2v) is 4.19. The zero-order chi connectivity index (χ0) is 15.3. The van der Waals surface area contributed by atoms with Crippen molar-refractivity contribution in [2.45, 2.75) is 6.18 Å². The van der Waals surface area contributed by atoms with Gasteiger partial charge in [0, 0.05) is 5.56 Å². The van der Waals surface area contributed by atoms with E-state index >= 15 is 0 Å². The molecule has 0 amide bonds. The van der Waals surface area contributed by atoms with Crippen molar-refractivity contribution in [1.29, 1.82) is 0 Å². The number of ether oxygens (including phenoxy) is 1. The van der Waals surface area contributed by atoms with Crippen LogP contribution in [0.15, 0.2) is 53.6 Å². The number of benzene rings is 2. The minimum absolute atomic E-state index is 0.260. The topological polar surface area (TPSA) is 33.6 Å². The van der Waals surface area contributed by atoms with Gasteiger partial charge in [0.25, 0.3) is 0 Å². The molecule has 0 bridgehead atoms. The summed E-state index contributed by atoms with van der Waals surface area (Å²) in [6.45, 7) is 0. The Labute approximate surface area is 120 Å². The van der Waals surface area contributed by atoms with E-state index in [1.165, 1.54) is 25.5 Å².